The Kier molecular flexibility index (Phi) is 5.66. The number of unbranched alkanes of at least 4 members (excludes halogenated alkanes) is 4. The Labute approximate surface area is 122 Å². The van der Waals surface area contributed by atoms with Gasteiger partial charge in [-0.05, 0) is 32.0 Å². The molecular weight excluding hydrogens is 246 g/mol. The fourth-order valence-electron chi connectivity index (χ4n) is 2.78. The molecule has 1 atom stereocenters. The van der Waals surface area contributed by atoms with Crippen molar-refractivity contribution in [3.63, 3.8) is 0 Å². The highest BCUT2D eigenvalue weighted by molar-refractivity contribution is 5.80. The van der Waals surface area contributed by atoms with Gasteiger partial charge in [0.2, 0.25) is 0 Å². The third-order valence-electron chi connectivity index (χ3n) is 4.05. The molecule has 0 amide bonds. The number of rotatable bonds is 8. The van der Waals surface area contributed by atoms with Gasteiger partial charge in [-0.2, -0.15) is 0 Å². The number of benzene rings is 1. The maximum atomic E-state index is 6.07. The Bertz CT molecular complexity index is 529. The largest absolute Gasteiger partial charge is 0.459 e. The molecule has 2 nitrogen and oxygen atoms in total. The van der Waals surface area contributed by atoms with Crippen molar-refractivity contribution >= 4 is 11.0 Å². The molecule has 0 saturated carbocycles. The van der Waals surface area contributed by atoms with Crippen LogP contribution < -0.4 is 5.32 Å². The van der Waals surface area contributed by atoms with E-state index >= 15 is 0 Å². The van der Waals surface area contributed by atoms with Gasteiger partial charge in [0.05, 0.1) is 6.04 Å². The zero-order chi connectivity index (χ0) is 14.4. The van der Waals surface area contributed by atoms with Crippen LogP contribution in [0.1, 0.15) is 62.8 Å². The van der Waals surface area contributed by atoms with Crippen LogP contribution in [0, 0.1) is 6.92 Å². The Morgan fingerprint density at radius 2 is 1.95 bits per heavy atom. The molecule has 2 aromatic rings. The summed E-state index contributed by atoms with van der Waals surface area (Å²) in [6.45, 7) is 4.36. The molecule has 1 heterocycles. The number of hydrogen-bond acceptors (Lipinski definition) is 2. The van der Waals surface area contributed by atoms with Crippen molar-refractivity contribution in [2.24, 2.45) is 0 Å². The molecule has 1 aromatic heterocycles. The van der Waals surface area contributed by atoms with Crippen molar-refractivity contribution in [2.75, 3.05) is 7.05 Å². The van der Waals surface area contributed by atoms with Crippen LogP contribution in [0.15, 0.2) is 28.7 Å². The molecule has 0 saturated heterocycles. The van der Waals surface area contributed by atoms with E-state index in [1.54, 1.807) is 0 Å². The van der Waals surface area contributed by atoms with Crippen molar-refractivity contribution in [1.29, 1.82) is 0 Å². The number of fused-ring (bicyclic) bond motifs is 1. The first kappa shape index (κ1) is 15.1. The highest BCUT2D eigenvalue weighted by Crippen LogP contribution is 2.28. The van der Waals surface area contributed by atoms with Crippen LogP contribution in [0.2, 0.25) is 0 Å². The summed E-state index contributed by atoms with van der Waals surface area (Å²) < 4.78 is 6.07. The molecule has 110 valence electrons. The molecule has 0 aliphatic rings. The van der Waals surface area contributed by atoms with Crippen LogP contribution in [-0.4, -0.2) is 7.05 Å². The number of aryl methyl sites for hydroxylation is 1. The zero-order valence-electron chi connectivity index (χ0n) is 13.0. The normalized spacial score (nSPS) is 12.9. The lowest BCUT2D eigenvalue weighted by molar-refractivity contribution is 0.416. The van der Waals surface area contributed by atoms with Crippen LogP contribution in [0.3, 0.4) is 0 Å². The standard InChI is InChI=1S/C18H27NO/c1-4-5-6-7-8-12-16(19-3)17-13-15-11-9-10-14(2)18(15)20-17/h9-11,13,16,19H,4-8,12H2,1-3H3. The van der Waals surface area contributed by atoms with E-state index in [-0.39, 0.29) is 0 Å². The van der Waals surface area contributed by atoms with Gasteiger partial charge in [0, 0.05) is 5.39 Å². The van der Waals surface area contributed by atoms with Gasteiger partial charge in [-0.3, -0.25) is 0 Å². The van der Waals surface area contributed by atoms with Gasteiger partial charge in [0.1, 0.15) is 11.3 Å². The Morgan fingerprint density at radius 1 is 1.15 bits per heavy atom. The second kappa shape index (κ2) is 7.49. The lowest BCUT2D eigenvalue weighted by Gasteiger charge is -2.13. The van der Waals surface area contributed by atoms with Crippen LogP contribution in [-0.2, 0) is 0 Å². The van der Waals surface area contributed by atoms with Crippen molar-refractivity contribution in [3.05, 3.63) is 35.6 Å². The van der Waals surface area contributed by atoms with Gasteiger partial charge < -0.3 is 9.73 Å². The second-order valence-electron chi connectivity index (χ2n) is 5.69. The molecular formula is C18H27NO. The van der Waals surface area contributed by atoms with Gasteiger partial charge in [-0.25, -0.2) is 0 Å². The summed E-state index contributed by atoms with van der Waals surface area (Å²) in [5.74, 6) is 1.08. The molecule has 0 fully saturated rings. The molecule has 20 heavy (non-hydrogen) atoms. The van der Waals surface area contributed by atoms with Gasteiger partial charge in [-0.15, -0.1) is 0 Å². The molecule has 0 aliphatic heterocycles. The molecule has 0 spiro atoms. The van der Waals surface area contributed by atoms with E-state index in [1.165, 1.54) is 43.1 Å². The summed E-state index contributed by atoms with van der Waals surface area (Å²) in [4.78, 5) is 0. The summed E-state index contributed by atoms with van der Waals surface area (Å²) in [5, 5.41) is 4.61. The number of hydrogen-bond donors (Lipinski definition) is 1. The van der Waals surface area contributed by atoms with Gasteiger partial charge in [0.25, 0.3) is 0 Å². The highest BCUT2D eigenvalue weighted by Gasteiger charge is 2.14. The fraction of sp³-hybridized carbons (Fsp3) is 0.556. The summed E-state index contributed by atoms with van der Waals surface area (Å²) in [5.41, 5.74) is 2.25. The van der Waals surface area contributed by atoms with E-state index in [9.17, 15) is 0 Å². The minimum atomic E-state index is 0.337. The molecule has 1 aromatic carbocycles. The van der Waals surface area contributed by atoms with Gasteiger partial charge in [0.15, 0.2) is 0 Å². The van der Waals surface area contributed by atoms with E-state index < -0.39 is 0 Å². The molecule has 2 heteroatoms. The first-order valence-electron chi connectivity index (χ1n) is 7.92. The summed E-state index contributed by atoms with van der Waals surface area (Å²) in [6, 6.07) is 8.85. The monoisotopic (exact) mass is 273 g/mol. The molecule has 0 bridgehead atoms. The predicted molar refractivity (Wildman–Crippen MR) is 86.1 cm³/mol. The van der Waals surface area contributed by atoms with Gasteiger partial charge in [-0.1, -0.05) is 57.2 Å². The van der Waals surface area contributed by atoms with Crippen LogP contribution >= 0.6 is 0 Å². The number of nitrogens with one attached hydrogen (secondary N) is 1. The number of furan rings is 1. The Balaban J connectivity index is 2.00. The van der Waals surface area contributed by atoms with Gasteiger partial charge >= 0.3 is 0 Å². The molecule has 0 aliphatic carbocycles. The smallest absolute Gasteiger partial charge is 0.137 e. The minimum absolute atomic E-state index is 0.337. The minimum Gasteiger partial charge on any atom is -0.459 e. The van der Waals surface area contributed by atoms with Crippen LogP contribution in [0.4, 0.5) is 0 Å². The van der Waals surface area contributed by atoms with Crippen molar-refractivity contribution in [1.82, 2.24) is 5.32 Å². The van der Waals surface area contributed by atoms with Crippen molar-refractivity contribution in [3.8, 4) is 0 Å². The zero-order valence-corrected chi connectivity index (χ0v) is 13.0. The SMILES string of the molecule is CCCCCCCC(NC)c1cc2cccc(C)c2o1. The van der Waals surface area contributed by atoms with E-state index in [2.05, 4.69) is 43.4 Å². The molecule has 1 unspecified atom stereocenters. The fourth-order valence-corrected chi connectivity index (χ4v) is 2.78. The van der Waals surface area contributed by atoms with E-state index in [0.717, 1.165) is 17.8 Å². The van der Waals surface area contributed by atoms with E-state index in [1.807, 2.05) is 7.05 Å². The topological polar surface area (TPSA) is 25.2 Å². The third-order valence-corrected chi connectivity index (χ3v) is 4.05. The summed E-state index contributed by atoms with van der Waals surface area (Å²) in [6.07, 6.45) is 7.75. The second-order valence-corrected chi connectivity index (χ2v) is 5.69. The molecule has 1 N–H and O–H groups in total. The lowest BCUT2D eigenvalue weighted by Crippen LogP contribution is -2.15. The predicted octanol–water partition coefficient (Wildman–Crippen LogP) is 5.36. The van der Waals surface area contributed by atoms with Crippen molar-refractivity contribution in [2.45, 2.75) is 58.4 Å². The summed E-state index contributed by atoms with van der Waals surface area (Å²) >= 11 is 0. The van der Waals surface area contributed by atoms with Crippen molar-refractivity contribution < 1.29 is 4.42 Å². The first-order valence-corrected chi connectivity index (χ1v) is 7.92. The maximum Gasteiger partial charge on any atom is 0.137 e. The van der Waals surface area contributed by atoms with Crippen LogP contribution in [0.25, 0.3) is 11.0 Å². The number of para-hydroxylation sites is 1. The van der Waals surface area contributed by atoms with Crippen LogP contribution in [0.5, 0.6) is 0 Å². The first-order chi connectivity index (χ1) is 9.76. The lowest BCUT2D eigenvalue weighted by atomic mass is 10.0. The van der Waals surface area contributed by atoms with E-state index in [0.29, 0.717) is 6.04 Å². The average Bonchev–Trinajstić information content (AvgIpc) is 2.88. The quantitative estimate of drug-likeness (QED) is 0.655. The highest BCUT2D eigenvalue weighted by atomic mass is 16.3. The Hall–Kier alpha value is -1.28. The average molecular weight is 273 g/mol. The van der Waals surface area contributed by atoms with E-state index in [4.69, 9.17) is 4.42 Å². The molecule has 0 radical (unpaired) electrons. The Morgan fingerprint density at radius 3 is 2.65 bits per heavy atom. The maximum absolute atomic E-state index is 6.07. The third kappa shape index (κ3) is 3.63. The molecule has 2 rings (SSSR count). The summed E-state index contributed by atoms with van der Waals surface area (Å²) in [7, 11) is 2.02.